The normalized spacial score (nSPS) is 33.8. The molecule has 0 aliphatic heterocycles. The van der Waals surface area contributed by atoms with Gasteiger partial charge >= 0.3 is 0 Å². The van der Waals surface area contributed by atoms with Crippen LogP contribution in [0, 0.1) is 11.8 Å². The van der Waals surface area contributed by atoms with Crippen LogP contribution in [0.15, 0.2) is 0 Å². The Labute approximate surface area is 75.1 Å². The molecule has 0 aromatic heterocycles. The van der Waals surface area contributed by atoms with Gasteiger partial charge in [-0.2, -0.15) is 0 Å². The summed E-state index contributed by atoms with van der Waals surface area (Å²) >= 11 is 0. The molecule has 2 nitrogen and oxygen atoms in total. The highest BCUT2D eigenvalue weighted by Crippen LogP contribution is 2.36. The van der Waals surface area contributed by atoms with Gasteiger partial charge in [-0.3, -0.25) is 0 Å². The third-order valence-corrected chi connectivity index (χ3v) is 2.99. The van der Waals surface area contributed by atoms with Gasteiger partial charge in [-0.05, 0) is 37.6 Å². The molecule has 0 amide bonds. The Morgan fingerprint density at radius 2 is 2.00 bits per heavy atom. The van der Waals surface area contributed by atoms with Crippen LogP contribution in [0.4, 0.5) is 0 Å². The van der Waals surface area contributed by atoms with Crippen molar-refractivity contribution < 1.29 is 0 Å². The molecule has 0 spiro atoms. The molecular formula is C10H20N2. The van der Waals surface area contributed by atoms with E-state index in [4.69, 9.17) is 0 Å². The lowest BCUT2D eigenvalue weighted by Crippen LogP contribution is -2.29. The summed E-state index contributed by atoms with van der Waals surface area (Å²) in [6.07, 6.45) is 4.25. The summed E-state index contributed by atoms with van der Waals surface area (Å²) in [6, 6.07) is 0.867. The molecule has 2 N–H and O–H groups in total. The molecule has 2 aliphatic carbocycles. The van der Waals surface area contributed by atoms with E-state index < -0.39 is 0 Å². The highest BCUT2D eigenvalue weighted by molar-refractivity contribution is 4.84. The number of hydrogen-bond donors (Lipinski definition) is 2. The lowest BCUT2D eigenvalue weighted by atomic mass is 10.3. The Balaban J connectivity index is 1.36. The molecule has 0 heterocycles. The molecule has 0 radical (unpaired) electrons. The quantitative estimate of drug-likeness (QED) is 0.578. The topological polar surface area (TPSA) is 24.1 Å². The van der Waals surface area contributed by atoms with Crippen molar-refractivity contribution in [3.63, 3.8) is 0 Å². The van der Waals surface area contributed by atoms with E-state index in [2.05, 4.69) is 17.6 Å². The second kappa shape index (κ2) is 3.75. The molecule has 2 atom stereocenters. The maximum Gasteiger partial charge on any atom is 0.00793 e. The third-order valence-electron chi connectivity index (χ3n) is 2.99. The predicted molar refractivity (Wildman–Crippen MR) is 51.2 cm³/mol. The summed E-state index contributed by atoms with van der Waals surface area (Å²) in [6.45, 7) is 5.90. The van der Waals surface area contributed by atoms with Crippen molar-refractivity contribution in [1.82, 2.24) is 10.6 Å². The third kappa shape index (κ3) is 2.76. The summed E-state index contributed by atoms with van der Waals surface area (Å²) in [7, 11) is 0. The van der Waals surface area contributed by atoms with Crippen LogP contribution in [0.2, 0.25) is 0 Å². The molecule has 0 bridgehead atoms. The fourth-order valence-corrected chi connectivity index (χ4v) is 1.62. The molecule has 0 aromatic carbocycles. The van der Waals surface area contributed by atoms with E-state index in [-0.39, 0.29) is 0 Å². The molecular weight excluding hydrogens is 148 g/mol. The first-order valence-electron chi connectivity index (χ1n) is 5.30. The van der Waals surface area contributed by atoms with Gasteiger partial charge in [-0.25, -0.2) is 0 Å². The Morgan fingerprint density at radius 3 is 2.58 bits per heavy atom. The van der Waals surface area contributed by atoms with Crippen molar-refractivity contribution in [2.24, 2.45) is 11.8 Å². The first-order chi connectivity index (χ1) is 5.86. The zero-order valence-electron chi connectivity index (χ0n) is 7.97. The minimum Gasteiger partial charge on any atom is -0.315 e. The van der Waals surface area contributed by atoms with Gasteiger partial charge in [0.15, 0.2) is 0 Å². The van der Waals surface area contributed by atoms with Crippen LogP contribution < -0.4 is 10.6 Å². The van der Waals surface area contributed by atoms with E-state index in [1.165, 1.54) is 25.8 Å². The summed E-state index contributed by atoms with van der Waals surface area (Å²) in [5, 5.41) is 7.00. The second-order valence-electron chi connectivity index (χ2n) is 4.41. The highest BCUT2D eigenvalue weighted by atomic mass is 15.0. The van der Waals surface area contributed by atoms with Gasteiger partial charge in [0.2, 0.25) is 0 Å². The summed E-state index contributed by atoms with van der Waals surface area (Å²) in [4.78, 5) is 0. The Kier molecular flexibility index (Phi) is 2.66. The van der Waals surface area contributed by atoms with Crippen molar-refractivity contribution in [3.8, 4) is 0 Å². The maximum atomic E-state index is 3.50. The largest absolute Gasteiger partial charge is 0.315 e. The molecule has 2 saturated carbocycles. The minimum atomic E-state index is 0.867. The zero-order chi connectivity index (χ0) is 8.39. The molecule has 70 valence electrons. The van der Waals surface area contributed by atoms with Crippen LogP contribution in [0.5, 0.6) is 0 Å². The molecule has 0 aromatic rings. The van der Waals surface area contributed by atoms with E-state index in [9.17, 15) is 0 Å². The number of hydrogen-bond acceptors (Lipinski definition) is 2. The van der Waals surface area contributed by atoms with E-state index >= 15 is 0 Å². The van der Waals surface area contributed by atoms with Crippen LogP contribution in [-0.2, 0) is 0 Å². The Morgan fingerprint density at radius 1 is 1.25 bits per heavy atom. The standard InChI is InChI=1S/C10H20N2/c1-8-6-9(8)7-11-4-5-12-10-2-3-10/h8-12H,2-7H2,1H3. The van der Waals surface area contributed by atoms with Gasteiger partial charge < -0.3 is 10.6 Å². The lowest BCUT2D eigenvalue weighted by molar-refractivity contribution is 0.574. The van der Waals surface area contributed by atoms with Gasteiger partial charge in [0, 0.05) is 19.1 Å². The van der Waals surface area contributed by atoms with Gasteiger partial charge in [0.1, 0.15) is 0 Å². The monoisotopic (exact) mass is 168 g/mol. The highest BCUT2D eigenvalue weighted by Gasteiger charge is 2.31. The number of rotatable bonds is 6. The second-order valence-corrected chi connectivity index (χ2v) is 4.41. The molecule has 2 heteroatoms. The molecule has 12 heavy (non-hydrogen) atoms. The van der Waals surface area contributed by atoms with Crippen molar-refractivity contribution in [2.45, 2.75) is 32.2 Å². The minimum absolute atomic E-state index is 0.867. The van der Waals surface area contributed by atoms with Crippen LogP contribution in [0.1, 0.15) is 26.2 Å². The zero-order valence-corrected chi connectivity index (χ0v) is 7.97. The van der Waals surface area contributed by atoms with E-state index in [1.807, 2.05) is 0 Å². The number of nitrogens with one attached hydrogen (secondary N) is 2. The Hall–Kier alpha value is -0.0800. The average molecular weight is 168 g/mol. The average Bonchev–Trinajstić information content (AvgIpc) is 2.90. The van der Waals surface area contributed by atoms with Gasteiger partial charge in [0.05, 0.1) is 0 Å². The first kappa shape index (κ1) is 8.52. The fraction of sp³-hybridized carbons (Fsp3) is 1.00. The molecule has 2 rings (SSSR count). The maximum absolute atomic E-state index is 3.50. The fourth-order valence-electron chi connectivity index (χ4n) is 1.62. The van der Waals surface area contributed by atoms with Crippen LogP contribution >= 0.6 is 0 Å². The van der Waals surface area contributed by atoms with Crippen molar-refractivity contribution in [1.29, 1.82) is 0 Å². The lowest BCUT2D eigenvalue weighted by Gasteiger charge is -2.04. The van der Waals surface area contributed by atoms with E-state index in [1.54, 1.807) is 0 Å². The summed E-state index contributed by atoms with van der Waals surface area (Å²) in [5.41, 5.74) is 0. The van der Waals surface area contributed by atoms with Crippen molar-refractivity contribution in [3.05, 3.63) is 0 Å². The van der Waals surface area contributed by atoms with Crippen molar-refractivity contribution >= 4 is 0 Å². The summed E-state index contributed by atoms with van der Waals surface area (Å²) in [5.74, 6) is 1.99. The summed E-state index contributed by atoms with van der Waals surface area (Å²) < 4.78 is 0. The molecule has 2 aliphatic rings. The smallest absolute Gasteiger partial charge is 0.00793 e. The molecule has 2 unspecified atom stereocenters. The van der Waals surface area contributed by atoms with Crippen LogP contribution in [0.25, 0.3) is 0 Å². The van der Waals surface area contributed by atoms with Crippen molar-refractivity contribution in [2.75, 3.05) is 19.6 Å². The Bertz CT molecular complexity index is 143. The molecule has 2 fully saturated rings. The first-order valence-corrected chi connectivity index (χ1v) is 5.30. The van der Waals surface area contributed by atoms with E-state index in [0.717, 1.165) is 31.0 Å². The SMILES string of the molecule is CC1CC1CNCCNC1CC1. The van der Waals surface area contributed by atoms with Crippen LogP contribution in [0.3, 0.4) is 0 Å². The van der Waals surface area contributed by atoms with Gasteiger partial charge in [0.25, 0.3) is 0 Å². The van der Waals surface area contributed by atoms with Gasteiger partial charge in [-0.15, -0.1) is 0 Å². The predicted octanol–water partition coefficient (Wildman–Crippen LogP) is 0.984. The molecule has 0 saturated heterocycles. The van der Waals surface area contributed by atoms with Crippen LogP contribution in [-0.4, -0.2) is 25.7 Å². The van der Waals surface area contributed by atoms with E-state index in [0.29, 0.717) is 0 Å². The van der Waals surface area contributed by atoms with Gasteiger partial charge in [-0.1, -0.05) is 6.92 Å².